The van der Waals surface area contributed by atoms with E-state index in [0.717, 1.165) is 26.7 Å². The summed E-state index contributed by atoms with van der Waals surface area (Å²) in [5.41, 5.74) is 1.55. The Balaban J connectivity index is 1.46. The number of carbonyl (C=O) groups excluding carboxylic acids is 4. The predicted octanol–water partition coefficient (Wildman–Crippen LogP) is 6.44. The fraction of sp³-hybridized carbons (Fsp3) is 0.333. The molecule has 2 aromatic rings. The average molecular weight is 655 g/mol. The number of carbonyl (C=O) groups is 4. The van der Waals surface area contributed by atoms with Gasteiger partial charge in [0, 0.05) is 24.1 Å². The first-order chi connectivity index (χ1) is 18.3. The molecule has 4 rings (SSSR count). The third-order valence-electron chi connectivity index (χ3n) is 5.96. The molecule has 2 aromatic carbocycles. The second-order valence-corrected chi connectivity index (χ2v) is 12.7. The van der Waals surface area contributed by atoms with E-state index in [2.05, 4.69) is 21.2 Å². The molecule has 2 aliphatic heterocycles. The van der Waals surface area contributed by atoms with Crippen LogP contribution in [0.1, 0.15) is 43.5 Å². The lowest BCUT2D eigenvalue weighted by Gasteiger charge is -2.37. The highest BCUT2D eigenvalue weighted by atomic mass is 79.9. The van der Waals surface area contributed by atoms with E-state index in [1.807, 2.05) is 18.2 Å². The molecule has 0 spiro atoms. The molecule has 1 N–H and O–H groups in total. The Kier molecular flexibility index (Phi) is 9.00. The molecule has 1 saturated heterocycles. The van der Waals surface area contributed by atoms with Gasteiger partial charge in [0.15, 0.2) is 0 Å². The van der Waals surface area contributed by atoms with Crippen molar-refractivity contribution in [2.45, 2.75) is 38.8 Å². The highest BCUT2D eigenvalue weighted by Crippen LogP contribution is 2.35. The molecule has 8 nitrogen and oxygen atoms in total. The van der Waals surface area contributed by atoms with Gasteiger partial charge in [0.25, 0.3) is 11.1 Å². The summed E-state index contributed by atoms with van der Waals surface area (Å²) < 4.78 is 6.34. The molecule has 1 fully saturated rings. The number of nitrogens with zero attached hydrogens (tertiary/aromatic N) is 2. The van der Waals surface area contributed by atoms with Crippen molar-refractivity contribution in [3.05, 3.63) is 72.5 Å². The molecule has 2 heterocycles. The molecule has 4 amide bonds. The Morgan fingerprint density at radius 1 is 1.15 bits per heavy atom. The lowest BCUT2D eigenvalue weighted by Crippen LogP contribution is -2.49. The van der Waals surface area contributed by atoms with E-state index < -0.39 is 34.8 Å². The van der Waals surface area contributed by atoms with Gasteiger partial charge in [-0.15, -0.1) is 0 Å². The molecule has 0 saturated carbocycles. The molecular formula is C27H26BrCl2N3O5S. The SMILES string of the molecule is CC(C)(C)OC(=O)N1CCc2ccc(Br)cc2C1C(=O)NCCN1C(=O)S/C(=C/c2ccc(Cl)c(Cl)c2)C1=O. The van der Waals surface area contributed by atoms with Gasteiger partial charge in [-0.25, -0.2) is 4.79 Å². The quantitative estimate of drug-likeness (QED) is 0.373. The summed E-state index contributed by atoms with van der Waals surface area (Å²) in [6, 6.07) is 9.62. The van der Waals surface area contributed by atoms with Crippen LogP contribution in [-0.4, -0.2) is 58.2 Å². The van der Waals surface area contributed by atoms with Crippen LogP contribution in [0.25, 0.3) is 6.08 Å². The summed E-state index contributed by atoms with van der Waals surface area (Å²) in [5.74, 6) is -0.897. The van der Waals surface area contributed by atoms with E-state index in [-0.39, 0.29) is 18.0 Å². The van der Waals surface area contributed by atoms with Crippen molar-refractivity contribution in [1.82, 2.24) is 15.1 Å². The van der Waals surface area contributed by atoms with Crippen molar-refractivity contribution in [1.29, 1.82) is 0 Å². The van der Waals surface area contributed by atoms with Crippen LogP contribution in [0, 0.1) is 0 Å². The lowest BCUT2D eigenvalue weighted by molar-refractivity contribution is -0.128. The standard InChI is InChI=1S/C27H26BrCl2N3O5S/c1-27(2,3)38-25(36)32-10-8-16-5-6-17(28)14-18(16)22(32)23(34)31-9-11-33-24(35)21(39-26(33)37)13-15-4-7-19(29)20(30)12-15/h4-7,12-14,22H,8-11H2,1-3H3,(H,31,34)/b21-13+. The van der Waals surface area contributed by atoms with Crippen molar-refractivity contribution in [2.24, 2.45) is 0 Å². The van der Waals surface area contributed by atoms with Crippen LogP contribution >= 0.6 is 50.9 Å². The third kappa shape index (κ3) is 6.98. The number of benzene rings is 2. The van der Waals surface area contributed by atoms with E-state index in [9.17, 15) is 19.2 Å². The molecule has 1 atom stereocenters. The minimum Gasteiger partial charge on any atom is -0.444 e. The minimum atomic E-state index is -0.925. The number of ether oxygens (including phenoxy) is 1. The van der Waals surface area contributed by atoms with Crippen molar-refractivity contribution in [2.75, 3.05) is 19.6 Å². The van der Waals surface area contributed by atoms with Gasteiger partial charge in [-0.1, -0.05) is 51.3 Å². The van der Waals surface area contributed by atoms with Crippen molar-refractivity contribution in [3.8, 4) is 0 Å². The number of hydrogen-bond donors (Lipinski definition) is 1. The van der Waals surface area contributed by atoms with Crippen LogP contribution in [0.5, 0.6) is 0 Å². The summed E-state index contributed by atoms with van der Waals surface area (Å²) >= 11 is 16.3. The van der Waals surface area contributed by atoms with Gasteiger partial charge in [-0.2, -0.15) is 0 Å². The fourth-order valence-corrected chi connectivity index (χ4v) is 5.77. The number of imide groups is 1. The topological polar surface area (TPSA) is 96.0 Å². The summed E-state index contributed by atoms with van der Waals surface area (Å²) in [5, 5.41) is 3.08. The molecule has 1 unspecified atom stereocenters. The smallest absolute Gasteiger partial charge is 0.411 e. The van der Waals surface area contributed by atoms with E-state index >= 15 is 0 Å². The van der Waals surface area contributed by atoms with Gasteiger partial charge < -0.3 is 10.1 Å². The third-order valence-corrected chi connectivity index (χ3v) is 8.10. The number of halogens is 3. The van der Waals surface area contributed by atoms with E-state index in [1.54, 1.807) is 45.0 Å². The zero-order valence-electron chi connectivity index (χ0n) is 21.4. The lowest BCUT2D eigenvalue weighted by atomic mass is 9.92. The number of fused-ring (bicyclic) bond motifs is 1. The first-order valence-electron chi connectivity index (χ1n) is 12.1. The number of hydrogen-bond acceptors (Lipinski definition) is 6. The summed E-state index contributed by atoms with van der Waals surface area (Å²) in [4.78, 5) is 54.6. The Morgan fingerprint density at radius 2 is 1.90 bits per heavy atom. The Hall–Kier alpha value is -2.53. The average Bonchev–Trinajstić information content (AvgIpc) is 3.11. The molecule has 0 radical (unpaired) electrons. The second-order valence-electron chi connectivity index (χ2n) is 9.97. The zero-order chi connectivity index (χ0) is 28.5. The first-order valence-corrected chi connectivity index (χ1v) is 14.5. The summed E-state index contributed by atoms with van der Waals surface area (Å²) in [6.45, 7) is 5.59. The number of thioether (sulfide) groups is 1. The van der Waals surface area contributed by atoms with Crippen molar-refractivity contribution in [3.63, 3.8) is 0 Å². The summed E-state index contributed by atoms with van der Waals surface area (Å²) in [6.07, 6.45) is 1.56. The van der Waals surface area contributed by atoms with Gasteiger partial charge in [-0.3, -0.25) is 24.2 Å². The van der Waals surface area contributed by atoms with E-state index in [0.29, 0.717) is 34.1 Å². The second kappa shape index (κ2) is 11.9. The number of nitrogens with one attached hydrogen (secondary N) is 1. The Bertz CT molecular complexity index is 1380. The van der Waals surface area contributed by atoms with Gasteiger partial charge in [0.2, 0.25) is 5.91 Å². The largest absolute Gasteiger partial charge is 0.444 e. The first kappa shape index (κ1) is 29.5. The molecule has 0 aliphatic carbocycles. The zero-order valence-corrected chi connectivity index (χ0v) is 25.3. The molecule has 12 heteroatoms. The van der Waals surface area contributed by atoms with Gasteiger partial charge in [-0.05, 0) is 86.0 Å². The normalized spacial score (nSPS) is 18.4. The molecule has 2 aliphatic rings. The molecular weight excluding hydrogens is 629 g/mol. The van der Waals surface area contributed by atoms with E-state index in [4.69, 9.17) is 27.9 Å². The highest BCUT2D eigenvalue weighted by molar-refractivity contribution is 9.10. The van der Waals surface area contributed by atoms with Gasteiger partial charge in [0.1, 0.15) is 11.6 Å². The maximum atomic E-state index is 13.5. The van der Waals surface area contributed by atoms with Crippen LogP contribution in [0.3, 0.4) is 0 Å². The Morgan fingerprint density at radius 3 is 2.59 bits per heavy atom. The van der Waals surface area contributed by atoms with Gasteiger partial charge >= 0.3 is 6.09 Å². The van der Waals surface area contributed by atoms with Gasteiger partial charge in [0.05, 0.1) is 15.0 Å². The number of rotatable bonds is 5. The Labute approximate surface area is 249 Å². The molecule has 206 valence electrons. The summed E-state index contributed by atoms with van der Waals surface area (Å²) in [7, 11) is 0. The molecule has 0 bridgehead atoms. The minimum absolute atomic E-state index is 0.0128. The van der Waals surface area contributed by atoms with Crippen LogP contribution in [0.2, 0.25) is 10.0 Å². The predicted molar refractivity (Wildman–Crippen MR) is 156 cm³/mol. The van der Waals surface area contributed by atoms with E-state index in [1.165, 1.54) is 4.90 Å². The highest BCUT2D eigenvalue weighted by Gasteiger charge is 2.39. The van der Waals surface area contributed by atoms with Crippen LogP contribution in [-0.2, 0) is 20.7 Å². The van der Waals surface area contributed by atoms with Crippen LogP contribution in [0.4, 0.5) is 9.59 Å². The maximum Gasteiger partial charge on any atom is 0.411 e. The van der Waals surface area contributed by atoms with Crippen LogP contribution in [0.15, 0.2) is 45.8 Å². The van der Waals surface area contributed by atoms with Crippen molar-refractivity contribution < 1.29 is 23.9 Å². The molecule has 0 aromatic heterocycles. The van der Waals surface area contributed by atoms with Crippen LogP contribution < -0.4 is 5.32 Å². The monoisotopic (exact) mass is 653 g/mol. The van der Waals surface area contributed by atoms with Crippen molar-refractivity contribution >= 4 is 80.1 Å². The molecule has 39 heavy (non-hydrogen) atoms. The maximum absolute atomic E-state index is 13.5. The fourth-order valence-electron chi connectivity index (χ4n) is 4.22. The number of amides is 4.